The van der Waals surface area contributed by atoms with E-state index in [0.717, 1.165) is 77.6 Å². The second kappa shape index (κ2) is 13.0. The summed E-state index contributed by atoms with van der Waals surface area (Å²) in [6.07, 6.45) is 0. The number of rotatable bonds is 6. The molecule has 0 aliphatic carbocycles. The Morgan fingerprint density at radius 1 is 0.357 bits per heavy atom. The van der Waals surface area contributed by atoms with Crippen molar-refractivity contribution in [2.45, 2.75) is 0 Å². The zero-order chi connectivity index (χ0) is 37.0. The summed E-state index contributed by atoms with van der Waals surface area (Å²) < 4.78 is 8.97. The minimum Gasteiger partial charge on any atom is -0.456 e. The molecule has 0 bridgehead atoms. The van der Waals surface area contributed by atoms with Crippen LogP contribution in [0.3, 0.4) is 0 Å². The van der Waals surface area contributed by atoms with Gasteiger partial charge in [-0.25, -0.2) is 15.0 Å². The minimum atomic E-state index is 0.601. The molecule has 0 N–H and O–H groups in total. The van der Waals surface area contributed by atoms with Gasteiger partial charge in [0, 0.05) is 44.0 Å². The summed E-state index contributed by atoms with van der Waals surface area (Å²) in [5.41, 5.74) is 12.0. The van der Waals surface area contributed by atoms with Crippen molar-refractivity contribution in [1.82, 2.24) is 19.5 Å². The summed E-state index contributed by atoms with van der Waals surface area (Å²) in [5, 5.41) is 4.52. The fourth-order valence-electron chi connectivity index (χ4n) is 8.12. The summed E-state index contributed by atoms with van der Waals surface area (Å²) in [5.74, 6) is 1.85. The molecule has 5 heteroatoms. The molecule has 0 amide bonds. The van der Waals surface area contributed by atoms with Crippen molar-refractivity contribution in [3.05, 3.63) is 194 Å². The van der Waals surface area contributed by atoms with Crippen LogP contribution in [0.2, 0.25) is 0 Å². The van der Waals surface area contributed by atoms with Crippen molar-refractivity contribution in [1.29, 1.82) is 0 Å². The molecule has 5 nitrogen and oxygen atoms in total. The van der Waals surface area contributed by atoms with E-state index in [-0.39, 0.29) is 0 Å². The molecule has 0 aliphatic rings. The molecule has 0 radical (unpaired) electrons. The third-order valence-electron chi connectivity index (χ3n) is 10.6. The van der Waals surface area contributed by atoms with E-state index in [4.69, 9.17) is 19.4 Å². The molecular formula is C51H32N4O. The number of fused-ring (bicyclic) bond motifs is 7. The Labute approximate surface area is 322 Å². The normalized spacial score (nSPS) is 11.6. The maximum absolute atomic E-state index is 6.51. The highest BCUT2D eigenvalue weighted by molar-refractivity contribution is 6.25. The van der Waals surface area contributed by atoms with Gasteiger partial charge in [-0.05, 0) is 47.5 Å². The van der Waals surface area contributed by atoms with Crippen LogP contribution in [-0.2, 0) is 0 Å². The summed E-state index contributed by atoms with van der Waals surface area (Å²) >= 11 is 0. The summed E-state index contributed by atoms with van der Waals surface area (Å²) in [6, 6.07) is 67.4. The van der Waals surface area contributed by atoms with Gasteiger partial charge in [-0.1, -0.05) is 158 Å². The molecule has 0 atom stereocenters. The largest absolute Gasteiger partial charge is 0.456 e. The SMILES string of the molecule is c1ccc(-c2nc(-c3ccccc3)nc(-c3cc(-c4ccccc4)c(-n4c5ccccc5c5ccc6oc7ccccc7c6c54)c(-c4ccccc4)c3)n2)cc1. The smallest absolute Gasteiger partial charge is 0.164 e. The summed E-state index contributed by atoms with van der Waals surface area (Å²) in [6.45, 7) is 0. The molecule has 0 saturated carbocycles. The molecule has 262 valence electrons. The van der Waals surface area contributed by atoms with E-state index in [9.17, 15) is 0 Å². The van der Waals surface area contributed by atoms with Gasteiger partial charge in [-0.3, -0.25) is 0 Å². The van der Waals surface area contributed by atoms with Crippen LogP contribution in [0.25, 0.3) is 106 Å². The number of aromatic nitrogens is 4. The highest BCUT2D eigenvalue weighted by Crippen LogP contribution is 2.46. The van der Waals surface area contributed by atoms with Crippen molar-refractivity contribution in [2.75, 3.05) is 0 Å². The molecule has 3 heterocycles. The monoisotopic (exact) mass is 716 g/mol. The van der Waals surface area contributed by atoms with Crippen molar-refractivity contribution in [2.24, 2.45) is 0 Å². The molecule has 3 aromatic heterocycles. The molecule has 0 aliphatic heterocycles. The Morgan fingerprint density at radius 3 is 1.39 bits per heavy atom. The zero-order valence-electron chi connectivity index (χ0n) is 30.2. The molecule has 0 saturated heterocycles. The highest BCUT2D eigenvalue weighted by Gasteiger charge is 2.25. The molecule has 56 heavy (non-hydrogen) atoms. The summed E-state index contributed by atoms with van der Waals surface area (Å²) in [4.78, 5) is 15.4. The predicted octanol–water partition coefficient (Wildman–Crippen LogP) is 13.2. The molecule has 11 aromatic rings. The van der Waals surface area contributed by atoms with Crippen molar-refractivity contribution < 1.29 is 4.42 Å². The number of benzene rings is 8. The number of furan rings is 1. The van der Waals surface area contributed by atoms with E-state index < -0.39 is 0 Å². The van der Waals surface area contributed by atoms with Gasteiger partial charge in [-0.2, -0.15) is 0 Å². The second-order valence-corrected chi connectivity index (χ2v) is 14.0. The van der Waals surface area contributed by atoms with Crippen LogP contribution in [0.1, 0.15) is 0 Å². The lowest BCUT2D eigenvalue weighted by molar-refractivity contribution is 0.669. The van der Waals surface area contributed by atoms with Gasteiger partial charge in [0.1, 0.15) is 11.2 Å². The van der Waals surface area contributed by atoms with E-state index in [1.807, 2.05) is 66.7 Å². The zero-order valence-corrected chi connectivity index (χ0v) is 30.2. The highest BCUT2D eigenvalue weighted by atomic mass is 16.3. The third-order valence-corrected chi connectivity index (χ3v) is 10.6. The standard InChI is InChI=1S/C51H32N4O/c1-5-17-33(18-6-1)41-31-37(51-53-49(35-21-9-3-10-22-35)52-50(54-51)36-23-11-4-12-24-36)32-42(34-19-7-2-8-20-34)47(41)55-43-27-15-13-25-38(43)39-29-30-45-46(48(39)55)40-26-14-16-28-44(40)56-45/h1-32H. The van der Waals surface area contributed by atoms with E-state index in [0.29, 0.717) is 17.5 Å². The van der Waals surface area contributed by atoms with Crippen LogP contribution in [0.15, 0.2) is 199 Å². The Morgan fingerprint density at radius 2 is 0.821 bits per heavy atom. The average Bonchev–Trinajstić information content (AvgIpc) is 3.83. The van der Waals surface area contributed by atoms with E-state index in [1.54, 1.807) is 0 Å². The van der Waals surface area contributed by atoms with E-state index in [1.165, 1.54) is 10.8 Å². The fourth-order valence-corrected chi connectivity index (χ4v) is 8.12. The van der Waals surface area contributed by atoms with Crippen LogP contribution in [0.5, 0.6) is 0 Å². The first-order valence-electron chi connectivity index (χ1n) is 18.8. The maximum atomic E-state index is 6.51. The second-order valence-electron chi connectivity index (χ2n) is 14.0. The van der Waals surface area contributed by atoms with Crippen molar-refractivity contribution in [3.63, 3.8) is 0 Å². The van der Waals surface area contributed by atoms with Gasteiger partial charge < -0.3 is 8.98 Å². The van der Waals surface area contributed by atoms with Gasteiger partial charge >= 0.3 is 0 Å². The predicted molar refractivity (Wildman–Crippen MR) is 229 cm³/mol. The first kappa shape index (κ1) is 31.9. The number of para-hydroxylation sites is 2. The quantitative estimate of drug-likeness (QED) is 0.172. The molecule has 0 fully saturated rings. The van der Waals surface area contributed by atoms with Gasteiger partial charge in [0.25, 0.3) is 0 Å². The Kier molecular flexibility index (Phi) is 7.42. The van der Waals surface area contributed by atoms with Crippen LogP contribution in [0, 0.1) is 0 Å². The molecule has 8 aromatic carbocycles. The topological polar surface area (TPSA) is 56.7 Å². The fraction of sp³-hybridized carbons (Fsp3) is 0. The third kappa shape index (κ3) is 5.21. The maximum Gasteiger partial charge on any atom is 0.164 e. The lowest BCUT2D eigenvalue weighted by Crippen LogP contribution is -2.04. The molecule has 0 spiro atoms. The van der Waals surface area contributed by atoms with E-state index in [2.05, 4.69) is 132 Å². The minimum absolute atomic E-state index is 0.601. The molecule has 11 rings (SSSR count). The van der Waals surface area contributed by atoms with Crippen LogP contribution in [0.4, 0.5) is 0 Å². The van der Waals surface area contributed by atoms with Crippen LogP contribution < -0.4 is 0 Å². The summed E-state index contributed by atoms with van der Waals surface area (Å²) in [7, 11) is 0. The van der Waals surface area contributed by atoms with Crippen molar-refractivity contribution >= 4 is 43.7 Å². The Hall–Kier alpha value is -7.63. The molecule has 0 unspecified atom stereocenters. The first-order chi connectivity index (χ1) is 27.8. The van der Waals surface area contributed by atoms with Gasteiger partial charge in [0.15, 0.2) is 17.5 Å². The Bertz CT molecular complexity index is 3110. The first-order valence-corrected chi connectivity index (χ1v) is 18.8. The average molecular weight is 717 g/mol. The Balaban J connectivity index is 1.30. The van der Waals surface area contributed by atoms with Gasteiger partial charge in [-0.15, -0.1) is 0 Å². The van der Waals surface area contributed by atoms with Gasteiger partial charge in [0.2, 0.25) is 0 Å². The number of nitrogens with zero attached hydrogens (tertiary/aromatic N) is 4. The lowest BCUT2D eigenvalue weighted by atomic mass is 9.92. The van der Waals surface area contributed by atoms with Gasteiger partial charge in [0.05, 0.1) is 22.1 Å². The van der Waals surface area contributed by atoms with Crippen LogP contribution in [-0.4, -0.2) is 19.5 Å². The number of hydrogen-bond donors (Lipinski definition) is 0. The lowest BCUT2D eigenvalue weighted by Gasteiger charge is -2.21. The van der Waals surface area contributed by atoms with E-state index >= 15 is 0 Å². The van der Waals surface area contributed by atoms with Crippen molar-refractivity contribution in [3.8, 4) is 62.1 Å². The number of hydrogen-bond acceptors (Lipinski definition) is 4. The van der Waals surface area contributed by atoms with Crippen LogP contribution >= 0.6 is 0 Å². The molecular weight excluding hydrogens is 685 g/mol.